The Bertz CT molecular complexity index is 639. The molecule has 1 amide bonds. The van der Waals surface area contributed by atoms with Gasteiger partial charge in [0.2, 0.25) is 0 Å². The molecule has 0 atom stereocenters. The van der Waals surface area contributed by atoms with Crippen LogP contribution in [0.2, 0.25) is 0 Å². The summed E-state index contributed by atoms with van der Waals surface area (Å²) < 4.78 is 6.21. The van der Waals surface area contributed by atoms with Gasteiger partial charge in [-0.2, -0.15) is 5.10 Å². The summed E-state index contributed by atoms with van der Waals surface area (Å²) >= 11 is 3.32. The second-order valence-electron chi connectivity index (χ2n) is 4.21. The average molecular weight is 347 g/mol. The number of halogens is 1. The summed E-state index contributed by atoms with van der Waals surface area (Å²) in [6.45, 7) is 2.57. The summed E-state index contributed by atoms with van der Waals surface area (Å²) in [7, 11) is 0. The van der Waals surface area contributed by atoms with E-state index < -0.39 is 0 Å². The third-order valence-electron chi connectivity index (χ3n) is 2.66. The van der Waals surface area contributed by atoms with Crippen LogP contribution >= 0.6 is 15.9 Å². The van der Waals surface area contributed by atoms with Gasteiger partial charge in [0.05, 0.1) is 12.8 Å². The van der Waals surface area contributed by atoms with Crippen LogP contribution in [0.4, 0.5) is 0 Å². The maximum Gasteiger partial charge on any atom is 0.271 e. The molecule has 5 heteroatoms. The van der Waals surface area contributed by atoms with Crippen LogP contribution in [0.5, 0.6) is 5.75 Å². The minimum Gasteiger partial charge on any atom is -0.494 e. The predicted molar refractivity (Wildman–Crippen MR) is 86.8 cm³/mol. The highest BCUT2D eigenvalue weighted by Gasteiger charge is 2.03. The van der Waals surface area contributed by atoms with E-state index in [2.05, 4.69) is 26.5 Å². The molecule has 0 spiro atoms. The molecule has 0 aliphatic carbocycles. The van der Waals surface area contributed by atoms with Crippen LogP contribution in [0.25, 0.3) is 0 Å². The highest BCUT2D eigenvalue weighted by Crippen LogP contribution is 2.12. The topological polar surface area (TPSA) is 50.7 Å². The van der Waals surface area contributed by atoms with Crippen molar-refractivity contribution in [2.75, 3.05) is 6.61 Å². The average Bonchev–Trinajstić information content (AvgIpc) is 2.49. The number of hydrogen-bond acceptors (Lipinski definition) is 3. The van der Waals surface area contributed by atoms with Gasteiger partial charge in [0.15, 0.2) is 0 Å². The van der Waals surface area contributed by atoms with Crippen molar-refractivity contribution in [3.05, 3.63) is 64.1 Å². The summed E-state index contributed by atoms with van der Waals surface area (Å²) in [5, 5.41) is 3.94. The minimum atomic E-state index is -0.251. The molecule has 0 bridgehead atoms. The first kappa shape index (κ1) is 15.3. The maximum atomic E-state index is 11.9. The van der Waals surface area contributed by atoms with Crippen LogP contribution in [-0.4, -0.2) is 18.7 Å². The molecule has 2 aromatic carbocycles. The monoisotopic (exact) mass is 346 g/mol. The van der Waals surface area contributed by atoms with E-state index in [0.29, 0.717) is 12.2 Å². The number of nitrogens with one attached hydrogen (secondary N) is 1. The summed E-state index contributed by atoms with van der Waals surface area (Å²) in [6.07, 6.45) is 1.59. The molecule has 0 fully saturated rings. The maximum absolute atomic E-state index is 11.9. The van der Waals surface area contributed by atoms with Crippen molar-refractivity contribution in [1.82, 2.24) is 5.43 Å². The Morgan fingerprint density at radius 1 is 1.29 bits per heavy atom. The van der Waals surface area contributed by atoms with E-state index in [-0.39, 0.29) is 5.91 Å². The van der Waals surface area contributed by atoms with Gasteiger partial charge in [-0.1, -0.05) is 22.0 Å². The number of ether oxygens (including phenoxy) is 1. The third-order valence-corrected chi connectivity index (χ3v) is 3.15. The summed E-state index contributed by atoms with van der Waals surface area (Å²) in [4.78, 5) is 11.9. The number of hydrogen-bond donors (Lipinski definition) is 1. The van der Waals surface area contributed by atoms with Crippen LogP contribution in [-0.2, 0) is 0 Å². The molecule has 0 radical (unpaired) electrons. The van der Waals surface area contributed by atoms with Crippen molar-refractivity contribution in [2.45, 2.75) is 6.92 Å². The van der Waals surface area contributed by atoms with Gasteiger partial charge in [-0.3, -0.25) is 4.79 Å². The predicted octanol–water partition coefficient (Wildman–Crippen LogP) is 3.61. The lowest BCUT2D eigenvalue weighted by molar-refractivity contribution is 0.0955. The quantitative estimate of drug-likeness (QED) is 0.664. The van der Waals surface area contributed by atoms with Crippen LogP contribution in [0.3, 0.4) is 0 Å². The lowest BCUT2D eigenvalue weighted by atomic mass is 10.2. The van der Waals surface area contributed by atoms with E-state index in [9.17, 15) is 4.79 Å². The van der Waals surface area contributed by atoms with Gasteiger partial charge >= 0.3 is 0 Å². The van der Waals surface area contributed by atoms with Gasteiger partial charge in [-0.25, -0.2) is 5.43 Å². The lowest BCUT2D eigenvalue weighted by Gasteiger charge is -2.02. The van der Waals surface area contributed by atoms with Crippen LogP contribution in [0, 0.1) is 0 Å². The van der Waals surface area contributed by atoms with Gasteiger partial charge in [-0.15, -0.1) is 0 Å². The van der Waals surface area contributed by atoms with Crippen molar-refractivity contribution in [2.24, 2.45) is 5.10 Å². The highest BCUT2D eigenvalue weighted by atomic mass is 79.9. The van der Waals surface area contributed by atoms with Gasteiger partial charge in [0.1, 0.15) is 5.75 Å². The van der Waals surface area contributed by atoms with E-state index in [1.54, 1.807) is 24.4 Å². The molecule has 0 aliphatic rings. The Hall–Kier alpha value is -2.14. The number of carbonyl (C=O) groups excluding carboxylic acids is 1. The molecule has 0 saturated carbocycles. The number of rotatable bonds is 5. The van der Waals surface area contributed by atoms with E-state index in [1.807, 2.05) is 37.3 Å². The van der Waals surface area contributed by atoms with Crippen molar-refractivity contribution < 1.29 is 9.53 Å². The summed E-state index contributed by atoms with van der Waals surface area (Å²) in [5.41, 5.74) is 3.92. The number of benzene rings is 2. The minimum absolute atomic E-state index is 0.251. The third kappa shape index (κ3) is 4.72. The molecule has 21 heavy (non-hydrogen) atoms. The lowest BCUT2D eigenvalue weighted by Crippen LogP contribution is -2.17. The Morgan fingerprint density at radius 3 is 2.71 bits per heavy atom. The number of hydrazone groups is 1. The smallest absolute Gasteiger partial charge is 0.271 e. The Kier molecular flexibility index (Phi) is 5.51. The Morgan fingerprint density at radius 2 is 2.05 bits per heavy atom. The fourth-order valence-electron chi connectivity index (χ4n) is 1.68. The fourth-order valence-corrected chi connectivity index (χ4v) is 2.08. The highest BCUT2D eigenvalue weighted by molar-refractivity contribution is 9.10. The first-order valence-electron chi connectivity index (χ1n) is 6.51. The van der Waals surface area contributed by atoms with E-state index in [4.69, 9.17) is 4.74 Å². The molecule has 0 aliphatic heterocycles. The Balaban J connectivity index is 1.94. The fraction of sp³-hybridized carbons (Fsp3) is 0.125. The molecule has 0 saturated heterocycles. The van der Waals surface area contributed by atoms with Crippen molar-refractivity contribution >= 4 is 28.1 Å². The van der Waals surface area contributed by atoms with Crippen molar-refractivity contribution in [3.63, 3.8) is 0 Å². The van der Waals surface area contributed by atoms with Gasteiger partial charge in [0, 0.05) is 10.0 Å². The molecular formula is C16H15BrN2O2. The standard InChI is InChI=1S/C16H15BrN2O2/c1-2-21-15-8-6-12(7-9-15)11-18-19-16(20)13-4-3-5-14(17)10-13/h3-11H,2H2,1H3,(H,19,20)/b18-11+. The molecule has 4 nitrogen and oxygen atoms in total. The zero-order chi connectivity index (χ0) is 15.1. The van der Waals surface area contributed by atoms with E-state index in [0.717, 1.165) is 15.8 Å². The van der Waals surface area contributed by atoms with Crippen LogP contribution < -0.4 is 10.2 Å². The van der Waals surface area contributed by atoms with Crippen LogP contribution in [0.1, 0.15) is 22.8 Å². The molecular weight excluding hydrogens is 332 g/mol. The van der Waals surface area contributed by atoms with Gasteiger partial charge in [0.25, 0.3) is 5.91 Å². The summed E-state index contributed by atoms with van der Waals surface area (Å²) in [5.74, 6) is 0.561. The largest absolute Gasteiger partial charge is 0.494 e. The second-order valence-corrected chi connectivity index (χ2v) is 5.13. The SMILES string of the molecule is CCOc1ccc(/C=N/NC(=O)c2cccc(Br)c2)cc1. The van der Waals surface area contributed by atoms with Crippen molar-refractivity contribution in [1.29, 1.82) is 0 Å². The molecule has 1 N–H and O–H groups in total. The van der Waals surface area contributed by atoms with Crippen LogP contribution in [0.15, 0.2) is 58.1 Å². The molecule has 0 aromatic heterocycles. The summed E-state index contributed by atoms with van der Waals surface area (Å²) in [6, 6.07) is 14.6. The number of amides is 1. The van der Waals surface area contributed by atoms with Gasteiger partial charge in [-0.05, 0) is 55.0 Å². The zero-order valence-corrected chi connectivity index (χ0v) is 13.1. The Labute approximate surface area is 132 Å². The van der Waals surface area contributed by atoms with E-state index >= 15 is 0 Å². The van der Waals surface area contributed by atoms with Crippen molar-refractivity contribution in [3.8, 4) is 5.75 Å². The number of nitrogens with zero attached hydrogens (tertiary/aromatic N) is 1. The zero-order valence-electron chi connectivity index (χ0n) is 11.5. The second kappa shape index (κ2) is 7.59. The number of carbonyl (C=O) groups is 1. The molecule has 108 valence electrons. The molecule has 0 unspecified atom stereocenters. The molecule has 0 heterocycles. The van der Waals surface area contributed by atoms with Gasteiger partial charge < -0.3 is 4.74 Å². The molecule has 2 aromatic rings. The first-order chi connectivity index (χ1) is 10.2. The molecule has 2 rings (SSSR count). The normalized spacial score (nSPS) is 10.6. The van der Waals surface area contributed by atoms with E-state index in [1.165, 1.54) is 0 Å². The first-order valence-corrected chi connectivity index (χ1v) is 7.30.